The van der Waals surface area contributed by atoms with Gasteiger partial charge in [0.2, 0.25) is 0 Å². The number of hydrogen-bond donors (Lipinski definition) is 0. The van der Waals surface area contributed by atoms with E-state index in [0.717, 1.165) is 28.9 Å². The number of rotatable bonds is 3. The minimum absolute atomic E-state index is 0.777. The summed E-state index contributed by atoms with van der Waals surface area (Å²) in [7, 11) is 1.68. The second-order valence-corrected chi connectivity index (χ2v) is 4.24. The molecule has 0 aliphatic heterocycles. The maximum absolute atomic E-state index is 10.5. The highest BCUT2D eigenvalue weighted by Gasteiger charge is 1.99. The zero-order valence-electron chi connectivity index (χ0n) is 10.1. The van der Waals surface area contributed by atoms with E-state index in [9.17, 15) is 4.79 Å². The summed E-state index contributed by atoms with van der Waals surface area (Å²) in [5.41, 5.74) is 2.28. The molecule has 2 rings (SSSR count). The van der Waals surface area contributed by atoms with Gasteiger partial charge in [-0.25, -0.2) is 0 Å². The molecule has 0 bridgehead atoms. The average molecular weight is 248 g/mol. The van der Waals surface area contributed by atoms with Crippen LogP contribution in [0.5, 0.6) is 0 Å². The fourth-order valence-corrected chi connectivity index (χ4v) is 1.91. The largest absolute Gasteiger partial charge is 0.385 e. The summed E-state index contributed by atoms with van der Waals surface area (Å²) < 4.78 is 4.54. The molecule has 0 N–H and O–H groups in total. The van der Waals surface area contributed by atoms with Crippen molar-refractivity contribution in [2.75, 3.05) is 13.7 Å². The van der Waals surface area contributed by atoms with Crippen LogP contribution >= 0.6 is 11.3 Å². The first-order valence-electron chi connectivity index (χ1n) is 5.39. The van der Waals surface area contributed by atoms with Gasteiger partial charge in [-0.15, -0.1) is 11.3 Å². The van der Waals surface area contributed by atoms with E-state index < -0.39 is 0 Å². The third-order valence-corrected chi connectivity index (χ3v) is 2.99. The van der Waals surface area contributed by atoms with Crippen molar-refractivity contribution in [3.63, 3.8) is 0 Å². The van der Waals surface area contributed by atoms with Crippen molar-refractivity contribution in [2.24, 2.45) is 0 Å². The van der Waals surface area contributed by atoms with Crippen molar-refractivity contribution in [2.45, 2.75) is 6.92 Å². The Morgan fingerprint density at radius 1 is 1.24 bits per heavy atom. The molecule has 2 aromatic rings. The Hall–Kier alpha value is -1.45. The number of aldehydes is 1. The number of ether oxygens (including phenoxy) is 1. The van der Waals surface area contributed by atoms with E-state index in [1.807, 2.05) is 48.7 Å². The third-order valence-electron chi connectivity index (χ3n) is 2.13. The van der Waals surface area contributed by atoms with Gasteiger partial charge in [-0.05, 0) is 29.5 Å². The maximum atomic E-state index is 10.5. The molecule has 0 radical (unpaired) electrons. The lowest BCUT2D eigenvalue weighted by Crippen LogP contribution is -1.73. The molecule has 0 unspecified atom stereocenters. The Bertz CT molecular complexity index is 432. The number of hydrogen-bond acceptors (Lipinski definition) is 3. The van der Waals surface area contributed by atoms with Crippen LogP contribution in [-0.4, -0.2) is 20.0 Å². The number of benzene rings is 1. The second kappa shape index (κ2) is 7.76. The smallest absolute Gasteiger partial charge is 0.160 e. The van der Waals surface area contributed by atoms with E-state index in [1.54, 1.807) is 7.11 Å². The van der Waals surface area contributed by atoms with E-state index in [0.29, 0.717) is 0 Å². The first-order valence-corrected chi connectivity index (χ1v) is 6.27. The van der Waals surface area contributed by atoms with Crippen LogP contribution in [0.15, 0.2) is 41.8 Å². The summed E-state index contributed by atoms with van der Waals surface area (Å²) in [4.78, 5) is 11.2. The van der Waals surface area contributed by atoms with Gasteiger partial charge in [0.05, 0.1) is 4.88 Å². The van der Waals surface area contributed by atoms with Crippen LogP contribution < -0.4 is 0 Å². The molecule has 2 nitrogen and oxygen atoms in total. The molecule has 0 fully saturated rings. The molecule has 0 saturated carbocycles. The highest BCUT2D eigenvalue weighted by atomic mass is 32.1. The van der Waals surface area contributed by atoms with Crippen molar-refractivity contribution >= 4 is 17.6 Å². The van der Waals surface area contributed by atoms with Crippen LogP contribution in [0.3, 0.4) is 0 Å². The lowest BCUT2D eigenvalue weighted by molar-refractivity contribution is 0.112. The fourth-order valence-electron chi connectivity index (χ4n) is 1.20. The first kappa shape index (κ1) is 13.6. The van der Waals surface area contributed by atoms with Crippen molar-refractivity contribution in [1.29, 1.82) is 0 Å². The number of thiophene rings is 1. The Kier molecular flexibility index (Phi) is 6.22. The molecular weight excluding hydrogens is 232 g/mol. The molecule has 1 heterocycles. The summed E-state index contributed by atoms with van der Waals surface area (Å²) in [5, 5.41) is 2.00. The highest BCUT2D eigenvalue weighted by molar-refractivity contribution is 7.12. The van der Waals surface area contributed by atoms with Gasteiger partial charge in [0.1, 0.15) is 0 Å². The van der Waals surface area contributed by atoms with Crippen LogP contribution in [0.2, 0.25) is 0 Å². The number of carbonyl (C=O) groups is 1. The Morgan fingerprint density at radius 3 is 2.35 bits per heavy atom. The molecule has 0 aliphatic rings. The van der Waals surface area contributed by atoms with Crippen molar-refractivity contribution in [3.05, 3.63) is 46.7 Å². The maximum Gasteiger partial charge on any atom is 0.160 e. The SMILES string of the molecule is CCOC.O=Cc1cc(-c2ccccc2)cs1. The predicted octanol–water partition coefficient (Wildman–Crippen LogP) is 3.88. The van der Waals surface area contributed by atoms with Crippen molar-refractivity contribution in [1.82, 2.24) is 0 Å². The van der Waals surface area contributed by atoms with Gasteiger partial charge >= 0.3 is 0 Å². The average Bonchev–Trinajstić information content (AvgIpc) is 2.89. The van der Waals surface area contributed by atoms with Gasteiger partial charge < -0.3 is 4.74 Å². The van der Waals surface area contributed by atoms with Crippen molar-refractivity contribution < 1.29 is 9.53 Å². The standard InChI is InChI=1S/C11H8OS.C3H8O/c12-7-11-6-10(8-13-11)9-4-2-1-3-5-9;1-3-4-2/h1-8H;3H2,1-2H3. The van der Waals surface area contributed by atoms with E-state index >= 15 is 0 Å². The molecular formula is C14H16O2S. The highest BCUT2D eigenvalue weighted by Crippen LogP contribution is 2.24. The molecule has 0 atom stereocenters. The van der Waals surface area contributed by atoms with Crippen LogP contribution in [0.25, 0.3) is 11.1 Å². The summed E-state index contributed by atoms with van der Waals surface area (Å²) >= 11 is 1.48. The van der Waals surface area contributed by atoms with Gasteiger partial charge in [-0.3, -0.25) is 4.79 Å². The zero-order chi connectivity index (χ0) is 12.5. The minimum atomic E-state index is 0.777. The fraction of sp³-hybridized carbons (Fsp3) is 0.214. The number of carbonyl (C=O) groups excluding carboxylic acids is 1. The molecule has 17 heavy (non-hydrogen) atoms. The molecule has 0 saturated heterocycles. The Morgan fingerprint density at radius 2 is 1.88 bits per heavy atom. The molecule has 1 aromatic heterocycles. The first-order chi connectivity index (χ1) is 8.31. The minimum Gasteiger partial charge on any atom is -0.385 e. The lowest BCUT2D eigenvalue weighted by Gasteiger charge is -1.93. The van der Waals surface area contributed by atoms with E-state index in [2.05, 4.69) is 4.74 Å². The number of methoxy groups -OCH3 is 1. The van der Waals surface area contributed by atoms with Crippen LogP contribution in [-0.2, 0) is 4.74 Å². The van der Waals surface area contributed by atoms with Gasteiger partial charge in [-0.1, -0.05) is 30.3 Å². The van der Waals surface area contributed by atoms with E-state index in [1.165, 1.54) is 11.3 Å². The van der Waals surface area contributed by atoms with E-state index in [-0.39, 0.29) is 0 Å². The molecule has 0 aliphatic carbocycles. The van der Waals surface area contributed by atoms with Crippen LogP contribution in [0.4, 0.5) is 0 Å². The van der Waals surface area contributed by atoms with E-state index in [4.69, 9.17) is 0 Å². The molecule has 3 heteroatoms. The van der Waals surface area contributed by atoms with Crippen molar-refractivity contribution in [3.8, 4) is 11.1 Å². The Balaban J connectivity index is 0.000000317. The normalized spacial score (nSPS) is 9.29. The quantitative estimate of drug-likeness (QED) is 0.770. The zero-order valence-corrected chi connectivity index (χ0v) is 10.9. The predicted molar refractivity (Wildman–Crippen MR) is 72.7 cm³/mol. The summed E-state index contributed by atoms with van der Waals surface area (Å²) in [6.07, 6.45) is 0.886. The van der Waals surface area contributed by atoms with Gasteiger partial charge in [0.15, 0.2) is 6.29 Å². The molecule has 90 valence electrons. The van der Waals surface area contributed by atoms with Gasteiger partial charge in [0, 0.05) is 13.7 Å². The monoisotopic (exact) mass is 248 g/mol. The Labute approximate surface area is 106 Å². The van der Waals surface area contributed by atoms with Gasteiger partial charge in [0.25, 0.3) is 0 Å². The second-order valence-electron chi connectivity index (χ2n) is 3.30. The van der Waals surface area contributed by atoms with Gasteiger partial charge in [-0.2, -0.15) is 0 Å². The van der Waals surface area contributed by atoms with Crippen LogP contribution in [0.1, 0.15) is 16.6 Å². The molecule has 0 spiro atoms. The van der Waals surface area contributed by atoms with Crippen LogP contribution in [0, 0.1) is 0 Å². The molecule has 1 aromatic carbocycles. The summed E-state index contributed by atoms with van der Waals surface area (Å²) in [5.74, 6) is 0. The molecule has 0 amide bonds. The third kappa shape index (κ3) is 4.51. The summed E-state index contributed by atoms with van der Waals surface area (Å²) in [6, 6.07) is 12.0. The lowest BCUT2D eigenvalue weighted by atomic mass is 10.1. The summed E-state index contributed by atoms with van der Waals surface area (Å²) in [6.45, 7) is 2.78. The topological polar surface area (TPSA) is 26.3 Å².